The first-order valence-electron chi connectivity index (χ1n) is 6.01. The van der Waals surface area contributed by atoms with Crippen molar-refractivity contribution in [1.82, 2.24) is 14.8 Å². The Hall–Kier alpha value is -1.24. The van der Waals surface area contributed by atoms with E-state index in [1.165, 1.54) is 0 Å². The molecule has 5 nitrogen and oxygen atoms in total. The Kier molecular flexibility index (Phi) is 4.68. The van der Waals surface area contributed by atoms with Gasteiger partial charge in [0.1, 0.15) is 0 Å². The van der Waals surface area contributed by atoms with Crippen LogP contribution in [-0.2, 0) is 11.3 Å². The van der Waals surface area contributed by atoms with Gasteiger partial charge in [-0.2, -0.15) is 5.10 Å². The number of hydrogen-bond donors (Lipinski definition) is 1. The van der Waals surface area contributed by atoms with Gasteiger partial charge in [0.05, 0.1) is 35.6 Å². The van der Waals surface area contributed by atoms with E-state index in [0.29, 0.717) is 13.2 Å². The number of aromatic nitrogens is 3. The number of pyridine rings is 1. The Labute approximate surface area is 120 Å². The molecule has 0 aromatic carbocycles. The monoisotopic (exact) mass is 324 g/mol. The minimum Gasteiger partial charge on any atom is -0.383 e. The van der Waals surface area contributed by atoms with Gasteiger partial charge in [-0.3, -0.25) is 9.67 Å². The first kappa shape index (κ1) is 14.2. The number of hydrogen-bond acceptors (Lipinski definition) is 4. The van der Waals surface area contributed by atoms with Crippen molar-refractivity contribution in [3.63, 3.8) is 0 Å². The summed E-state index contributed by atoms with van der Waals surface area (Å²) in [6.45, 7) is 3.23. The molecular formula is C13H17BrN4O. The summed E-state index contributed by atoms with van der Waals surface area (Å²) in [5, 5.41) is 4.32. The number of methoxy groups -OCH3 is 1. The van der Waals surface area contributed by atoms with Gasteiger partial charge in [-0.05, 0) is 40.5 Å². The van der Waals surface area contributed by atoms with E-state index in [1.807, 2.05) is 23.7 Å². The summed E-state index contributed by atoms with van der Waals surface area (Å²) in [4.78, 5) is 4.19. The normalized spacial score (nSPS) is 12.6. The zero-order valence-electron chi connectivity index (χ0n) is 11.0. The molecule has 19 heavy (non-hydrogen) atoms. The van der Waals surface area contributed by atoms with Gasteiger partial charge in [0.25, 0.3) is 0 Å². The highest BCUT2D eigenvalue weighted by molar-refractivity contribution is 9.10. The minimum atomic E-state index is -0.240. The van der Waals surface area contributed by atoms with Crippen LogP contribution in [0.1, 0.15) is 23.0 Å². The Morgan fingerprint density at radius 3 is 3.00 bits per heavy atom. The molecule has 2 aromatic heterocycles. The van der Waals surface area contributed by atoms with E-state index < -0.39 is 0 Å². The molecule has 2 aromatic rings. The van der Waals surface area contributed by atoms with Gasteiger partial charge in [0, 0.05) is 19.0 Å². The summed E-state index contributed by atoms with van der Waals surface area (Å²) in [5.74, 6) is 0. The molecule has 2 rings (SSSR count). The molecule has 2 N–H and O–H groups in total. The number of rotatable bonds is 5. The summed E-state index contributed by atoms with van der Waals surface area (Å²) in [6, 6.07) is 3.68. The summed E-state index contributed by atoms with van der Waals surface area (Å²) in [6.07, 6.45) is 3.53. The lowest BCUT2D eigenvalue weighted by Gasteiger charge is -2.15. The van der Waals surface area contributed by atoms with Gasteiger partial charge in [0.2, 0.25) is 0 Å². The third-order valence-electron chi connectivity index (χ3n) is 2.91. The predicted octanol–water partition coefficient (Wildman–Crippen LogP) is 2.04. The highest BCUT2D eigenvalue weighted by Gasteiger charge is 2.18. The van der Waals surface area contributed by atoms with E-state index in [0.717, 1.165) is 21.4 Å². The minimum absolute atomic E-state index is 0.240. The van der Waals surface area contributed by atoms with Crippen LogP contribution in [0.5, 0.6) is 0 Å². The second-order valence-corrected chi connectivity index (χ2v) is 5.16. The lowest BCUT2D eigenvalue weighted by atomic mass is 10.1. The van der Waals surface area contributed by atoms with Gasteiger partial charge < -0.3 is 10.5 Å². The van der Waals surface area contributed by atoms with E-state index in [2.05, 4.69) is 26.0 Å². The maximum atomic E-state index is 6.34. The largest absolute Gasteiger partial charge is 0.383 e. The first-order chi connectivity index (χ1) is 9.13. The van der Waals surface area contributed by atoms with Crippen molar-refractivity contribution in [2.24, 2.45) is 5.73 Å². The second kappa shape index (κ2) is 6.27. The van der Waals surface area contributed by atoms with Crippen LogP contribution in [-0.4, -0.2) is 28.5 Å². The van der Waals surface area contributed by atoms with E-state index in [4.69, 9.17) is 10.5 Å². The molecule has 0 saturated heterocycles. The predicted molar refractivity (Wildman–Crippen MR) is 76.8 cm³/mol. The molecule has 102 valence electrons. The fraction of sp³-hybridized carbons (Fsp3) is 0.385. The maximum absolute atomic E-state index is 6.34. The molecule has 0 aliphatic carbocycles. The lowest BCUT2D eigenvalue weighted by Crippen LogP contribution is -2.19. The third kappa shape index (κ3) is 3.20. The van der Waals surface area contributed by atoms with E-state index in [-0.39, 0.29) is 6.04 Å². The van der Waals surface area contributed by atoms with Crippen molar-refractivity contribution >= 4 is 15.9 Å². The molecule has 2 heterocycles. The number of nitrogens with zero attached hydrogens (tertiary/aromatic N) is 3. The van der Waals surface area contributed by atoms with Crippen molar-refractivity contribution < 1.29 is 4.74 Å². The number of ether oxygens (including phenoxy) is 1. The van der Waals surface area contributed by atoms with E-state index >= 15 is 0 Å². The van der Waals surface area contributed by atoms with Crippen LogP contribution in [0.25, 0.3) is 0 Å². The van der Waals surface area contributed by atoms with Crippen LogP contribution < -0.4 is 5.73 Å². The first-order valence-corrected chi connectivity index (χ1v) is 6.81. The molecule has 0 amide bonds. The quantitative estimate of drug-likeness (QED) is 0.914. The number of halogens is 1. The van der Waals surface area contributed by atoms with Crippen LogP contribution in [0.4, 0.5) is 0 Å². The highest BCUT2D eigenvalue weighted by Crippen LogP contribution is 2.26. The van der Waals surface area contributed by atoms with Crippen molar-refractivity contribution in [2.45, 2.75) is 19.5 Å². The van der Waals surface area contributed by atoms with Gasteiger partial charge >= 0.3 is 0 Å². The van der Waals surface area contributed by atoms with Gasteiger partial charge in [-0.25, -0.2) is 0 Å². The van der Waals surface area contributed by atoms with Gasteiger partial charge in [-0.15, -0.1) is 0 Å². The molecule has 0 aliphatic heterocycles. The number of nitrogens with two attached hydrogens (primary N) is 1. The van der Waals surface area contributed by atoms with Crippen LogP contribution >= 0.6 is 15.9 Å². The zero-order valence-corrected chi connectivity index (χ0v) is 12.6. The summed E-state index contributed by atoms with van der Waals surface area (Å²) in [5.41, 5.74) is 9.26. The third-order valence-corrected chi connectivity index (χ3v) is 3.53. The standard InChI is InChI=1S/C13H17BrN4O/c1-9-7-10(3-4-16-9)12(15)13-11(14)8-17-18(13)5-6-19-2/h3-4,7-8,12H,5-6,15H2,1-2H3. The van der Waals surface area contributed by atoms with Gasteiger partial charge in [0.15, 0.2) is 0 Å². The van der Waals surface area contributed by atoms with E-state index in [9.17, 15) is 0 Å². The van der Waals surface area contributed by atoms with Crippen LogP contribution in [0.2, 0.25) is 0 Å². The van der Waals surface area contributed by atoms with Crippen molar-refractivity contribution in [3.05, 3.63) is 46.0 Å². The van der Waals surface area contributed by atoms with Crippen LogP contribution in [0.15, 0.2) is 29.0 Å². The maximum Gasteiger partial charge on any atom is 0.0739 e. The average molecular weight is 325 g/mol. The molecule has 0 fully saturated rings. The molecule has 0 bridgehead atoms. The Bertz CT molecular complexity index is 555. The topological polar surface area (TPSA) is 66.0 Å². The average Bonchev–Trinajstić information content (AvgIpc) is 2.76. The Morgan fingerprint density at radius 2 is 2.32 bits per heavy atom. The number of aryl methyl sites for hydroxylation is 1. The van der Waals surface area contributed by atoms with Crippen molar-refractivity contribution in [1.29, 1.82) is 0 Å². The molecular weight excluding hydrogens is 308 g/mol. The highest BCUT2D eigenvalue weighted by atomic mass is 79.9. The summed E-state index contributed by atoms with van der Waals surface area (Å²) in [7, 11) is 1.67. The molecule has 1 unspecified atom stereocenters. The fourth-order valence-electron chi connectivity index (χ4n) is 1.96. The molecule has 0 radical (unpaired) electrons. The molecule has 0 spiro atoms. The molecule has 0 saturated carbocycles. The molecule has 1 atom stereocenters. The Balaban J connectivity index is 2.32. The fourth-order valence-corrected chi connectivity index (χ4v) is 2.50. The SMILES string of the molecule is COCCn1ncc(Br)c1C(N)c1ccnc(C)c1. The zero-order chi connectivity index (χ0) is 13.8. The summed E-state index contributed by atoms with van der Waals surface area (Å²) >= 11 is 3.51. The van der Waals surface area contributed by atoms with Crippen LogP contribution in [0, 0.1) is 6.92 Å². The molecule has 0 aliphatic rings. The van der Waals surface area contributed by atoms with Gasteiger partial charge in [-0.1, -0.05) is 0 Å². The second-order valence-electron chi connectivity index (χ2n) is 4.30. The summed E-state index contributed by atoms with van der Waals surface area (Å²) < 4.78 is 7.86. The lowest BCUT2D eigenvalue weighted by molar-refractivity contribution is 0.182. The van der Waals surface area contributed by atoms with Crippen molar-refractivity contribution in [3.8, 4) is 0 Å². The van der Waals surface area contributed by atoms with E-state index in [1.54, 1.807) is 19.5 Å². The smallest absolute Gasteiger partial charge is 0.0739 e. The molecule has 6 heteroatoms. The van der Waals surface area contributed by atoms with Crippen LogP contribution in [0.3, 0.4) is 0 Å². The van der Waals surface area contributed by atoms with Crippen molar-refractivity contribution in [2.75, 3.05) is 13.7 Å². The Morgan fingerprint density at radius 1 is 1.53 bits per heavy atom.